The lowest BCUT2D eigenvalue weighted by atomic mass is 10.2. The maximum Gasteiger partial charge on any atom is 0.118 e. The fourth-order valence-corrected chi connectivity index (χ4v) is 2.51. The fraction of sp³-hybridized carbons (Fsp3) is 0.750. The second kappa shape index (κ2) is 7.11. The molecule has 0 spiro atoms. The Morgan fingerprint density at radius 3 is 2.53 bits per heavy atom. The van der Waals surface area contributed by atoms with Crippen LogP contribution < -0.4 is 5.32 Å². The number of rotatable bonds is 9. The summed E-state index contributed by atoms with van der Waals surface area (Å²) in [4.78, 5) is 2.48. The van der Waals surface area contributed by atoms with Crippen molar-refractivity contribution in [2.45, 2.75) is 65.6 Å². The first kappa shape index (κ1) is 14.6. The van der Waals surface area contributed by atoms with E-state index in [0.29, 0.717) is 0 Å². The molecular weight excluding hydrogens is 236 g/mol. The Labute approximate surface area is 117 Å². The summed E-state index contributed by atoms with van der Waals surface area (Å²) in [5.41, 5.74) is 1.33. The van der Waals surface area contributed by atoms with Gasteiger partial charge in [0.05, 0.1) is 6.54 Å². The summed E-state index contributed by atoms with van der Waals surface area (Å²) < 4.78 is 5.91. The van der Waals surface area contributed by atoms with Crippen LogP contribution in [0.5, 0.6) is 0 Å². The van der Waals surface area contributed by atoms with Crippen LogP contribution in [0.1, 0.15) is 56.6 Å². The number of furan rings is 1. The van der Waals surface area contributed by atoms with Gasteiger partial charge in [0.15, 0.2) is 0 Å². The molecule has 3 nitrogen and oxygen atoms in total. The number of hydrogen-bond acceptors (Lipinski definition) is 3. The van der Waals surface area contributed by atoms with E-state index >= 15 is 0 Å². The topological polar surface area (TPSA) is 28.4 Å². The molecule has 0 unspecified atom stereocenters. The fourth-order valence-electron chi connectivity index (χ4n) is 2.51. The number of aryl methyl sites for hydroxylation is 1. The first-order valence-electron chi connectivity index (χ1n) is 7.76. The van der Waals surface area contributed by atoms with Gasteiger partial charge in [-0.1, -0.05) is 13.8 Å². The van der Waals surface area contributed by atoms with E-state index in [0.717, 1.165) is 43.7 Å². The summed E-state index contributed by atoms with van der Waals surface area (Å²) in [6.45, 7) is 10.8. The quantitative estimate of drug-likeness (QED) is 0.740. The van der Waals surface area contributed by atoms with E-state index in [1.807, 2.05) is 0 Å². The minimum absolute atomic E-state index is 0.759. The third-order valence-corrected chi connectivity index (χ3v) is 3.69. The first-order chi connectivity index (χ1) is 9.22. The van der Waals surface area contributed by atoms with Crippen molar-refractivity contribution < 1.29 is 4.42 Å². The Hall–Kier alpha value is -0.800. The molecule has 0 saturated heterocycles. The SMILES string of the molecule is CCCN(CCC)Cc1cc(CNC2CC2)c(C)o1. The number of hydrogen-bond donors (Lipinski definition) is 1. The van der Waals surface area contributed by atoms with E-state index in [4.69, 9.17) is 4.42 Å². The zero-order chi connectivity index (χ0) is 13.7. The average molecular weight is 264 g/mol. The molecule has 1 saturated carbocycles. The van der Waals surface area contributed by atoms with Gasteiger partial charge in [0.1, 0.15) is 11.5 Å². The summed E-state index contributed by atoms with van der Waals surface area (Å²) in [7, 11) is 0. The van der Waals surface area contributed by atoms with Crippen LogP contribution in [0.4, 0.5) is 0 Å². The number of nitrogens with zero attached hydrogens (tertiary/aromatic N) is 1. The third-order valence-electron chi connectivity index (χ3n) is 3.69. The van der Waals surface area contributed by atoms with E-state index in [2.05, 4.69) is 37.1 Å². The summed E-state index contributed by atoms with van der Waals surface area (Å²) >= 11 is 0. The van der Waals surface area contributed by atoms with Gasteiger partial charge in [0.25, 0.3) is 0 Å². The first-order valence-corrected chi connectivity index (χ1v) is 7.76. The highest BCUT2D eigenvalue weighted by Gasteiger charge is 2.21. The molecule has 1 aliphatic rings. The molecule has 108 valence electrons. The lowest BCUT2D eigenvalue weighted by Crippen LogP contribution is -2.24. The normalized spacial score (nSPS) is 15.4. The van der Waals surface area contributed by atoms with E-state index in [-0.39, 0.29) is 0 Å². The zero-order valence-corrected chi connectivity index (χ0v) is 12.7. The monoisotopic (exact) mass is 264 g/mol. The Morgan fingerprint density at radius 2 is 1.95 bits per heavy atom. The molecule has 0 radical (unpaired) electrons. The van der Waals surface area contributed by atoms with Crippen molar-refractivity contribution in [3.05, 3.63) is 23.2 Å². The van der Waals surface area contributed by atoms with Crippen molar-refractivity contribution in [1.82, 2.24) is 10.2 Å². The van der Waals surface area contributed by atoms with Crippen molar-refractivity contribution >= 4 is 0 Å². The van der Waals surface area contributed by atoms with Crippen LogP contribution in [0.25, 0.3) is 0 Å². The predicted octanol–water partition coefficient (Wildman–Crippen LogP) is 3.46. The molecule has 1 fully saturated rings. The Bertz CT molecular complexity index is 376. The van der Waals surface area contributed by atoms with Gasteiger partial charge in [0, 0.05) is 18.2 Å². The smallest absolute Gasteiger partial charge is 0.118 e. The number of nitrogens with one attached hydrogen (secondary N) is 1. The van der Waals surface area contributed by atoms with Crippen molar-refractivity contribution in [3.8, 4) is 0 Å². The van der Waals surface area contributed by atoms with Crippen LogP contribution in [-0.4, -0.2) is 24.0 Å². The molecule has 1 aromatic heterocycles. The lowest BCUT2D eigenvalue weighted by molar-refractivity contribution is 0.243. The Kier molecular flexibility index (Phi) is 5.46. The minimum Gasteiger partial charge on any atom is -0.465 e. The molecule has 1 heterocycles. The van der Waals surface area contributed by atoms with Crippen LogP contribution in [0.15, 0.2) is 10.5 Å². The van der Waals surface area contributed by atoms with Crippen LogP contribution in [0, 0.1) is 6.92 Å². The summed E-state index contributed by atoms with van der Waals surface area (Å²) in [6, 6.07) is 3.00. The lowest BCUT2D eigenvalue weighted by Gasteiger charge is -2.19. The molecule has 0 atom stereocenters. The van der Waals surface area contributed by atoms with E-state index in [1.54, 1.807) is 0 Å². The third kappa shape index (κ3) is 4.66. The molecule has 1 N–H and O–H groups in total. The molecule has 0 bridgehead atoms. The van der Waals surface area contributed by atoms with Crippen LogP contribution >= 0.6 is 0 Å². The second-order valence-electron chi connectivity index (χ2n) is 5.73. The van der Waals surface area contributed by atoms with Gasteiger partial charge in [-0.2, -0.15) is 0 Å². The molecule has 3 heteroatoms. The summed E-state index contributed by atoms with van der Waals surface area (Å²) in [5, 5.41) is 3.56. The molecule has 0 aromatic carbocycles. The molecule has 2 rings (SSSR count). The van der Waals surface area contributed by atoms with Crippen molar-refractivity contribution in [1.29, 1.82) is 0 Å². The summed E-state index contributed by atoms with van der Waals surface area (Å²) in [5.74, 6) is 2.20. The van der Waals surface area contributed by atoms with Gasteiger partial charge in [-0.25, -0.2) is 0 Å². The zero-order valence-electron chi connectivity index (χ0n) is 12.7. The van der Waals surface area contributed by atoms with Gasteiger partial charge in [-0.15, -0.1) is 0 Å². The van der Waals surface area contributed by atoms with Gasteiger partial charge in [-0.3, -0.25) is 4.90 Å². The molecule has 1 aliphatic carbocycles. The highest BCUT2D eigenvalue weighted by molar-refractivity contribution is 5.21. The van der Waals surface area contributed by atoms with Gasteiger partial charge >= 0.3 is 0 Å². The minimum atomic E-state index is 0.759. The predicted molar refractivity (Wildman–Crippen MR) is 79.2 cm³/mol. The van der Waals surface area contributed by atoms with Gasteiger partial charge in [0.2, 0.25) is 0 Å². The van der Waals surface area contributed by atoms with Crippen LogP contribution in [0.3, 0.4) is 0 Å². The molecule has 1 aromatic rings. The maximum atomic E-state index is 5.91. The van der Waals surface area contributed by atoms with E-state index < -0.39 is 0 Å². The van der Waals surface area contributed by atoms with E-state index in [1.165, 1.54) is 31.2 Å². The van der Waals surface area contributed by atoms with Gasteiger partial charge in [-0.05, 0) is 51.8 Å². The molecular formula is C16H28N2O. The molecule has 19 heavy (non-hydrogen) atoms. The van der Waals surface area contributed by atoms with Crippen LogP contribution in [0.2, 0.25) is 0 Å². The van der Waals surface area contributed by atoms with Crippen molar-refractivity contribution in [2.75, 3.05) is 13.1 Å². The highest BCUT2D eigenvalue weighted by Crippen LogP contribution is 2.21. The van der Waals surface area contributed by atoms with Crippen molar-refractivity contribution in [2.24, 2.45) is 0 Å². The van der Waals surface area contributed by atoms with E-state index in [9.17, 15) is 0 Å². The molecule has 0 amide bonds. The van der Waals surface area contributed by atoms with Gasteiger partial charge < -0.3 is 9.73 Å². The Balaban J connectivity index is 1.89. The second-order valence-corrected chi connectivity index (χ2v) is 5.73. The Morgan fingerprint density at radius 1 is 1.26 bits per heavy atom. The largest absolute Gasteiger partial charge is 0.465 e. The maximum absolute atomic E-state index is 5.91. The van der Waals surface area contributed by atoms with Crippen molar-refractivity contribution in [3.63, 3.8) is 0 Å². The highest BCUT2D eigenvalue weighted by atomic mass is 16.3. The van der Waals surface area contributed by atoms with Crippen LogP contribution in [-0.2, 0) is 13.1 Å². The molecule has 0 aliphatic heterocycles. The average Bonchev–Trinajstić information content (AvgIpc) is 3.13. The summed E-state index contributed by atoms with van der Waals surface area (Å²) in [6.07, 6.45) is 5.08. The standard InChI is InChI=1S/C16H28N2O/c1-4-8-18(9-5-2)12-16-10-14(13(3)19-16)11-17-15-6-7-15/h10,15,17H,4-9,11-12H2,1-3H3.